The van der Waals surface area contributed by atoms with E-state index in [4.69, 9.17) is 0 Å². The van der Waals surface area contributed by atoms with Crippen LogP contribution < -0.4 is 0 Å². The smallest absolute Gasteiger partial charge is 0.158 e. The van der Waals surface area contributed by atoms with Crippen molar-refractivity contribution in [1.82, 2.24) is 0 Å². The largest absolute Gasteiger partial charge is 0.295 e. The highest BCUT2D eigenvalue weighted by atomic mass is 28.3. The van der Waals surface area contributed by atoms with Gasteiger partial charge in [0.05, 0.1) is 8.07 Å². The number of hydrogen-bond acceptors (Lipinski definition) is 1. The summed E-state index contributed by atoms with van der Waals surface area (Å²) in [5.41, 5.74) is 1.17. The Labute approximate surface area is 94.0 Å². The second-order valence-corrected chi connectivity index (χ2v) is 11.7. The van der Waals surface area contributed by atoms with Gasteiger partial charge in [-0.05, 0) is 42.7 Å². The van der Waals surface area contributed by atoms with E-state index in [0.29, 0.717) is 10.8 Å². The van der Waals surface area contributed by atoms with Gasteiger partial charge in [-0.15, -0.1) is 0 Å². The van der Waals surface area contributed by atoms with E-state index in [1.165, 1.54) is 24.8 Å². The second kappa shape index (κ2) is 3.58. The van der Waals surface area contributed by atoms with Crippen molar-refractivity contribution < 1.29 is 4.79 Å². The molecular weight excluding hydrogens is 200 g/mol. The van der Waals surface area contributed by atoms with Gasteiger partial charge in [0.2, 0.25) is 0 Å². The number of rotatable bonds is 2. The molecule has 0 radical (unpaired) electrons. The normalized spacial score (nSPS) is 28.2. The summed E-state index contributed by atoms with van der Waals surface area (Å²) in [5, 5.41) is 0.481. The fraction of sp³-hybridized carbons (Fsp3) is 0.769. The standard InChI is InChI=1S/C13H22OSi/c1-15(2,3)13(8-9-13)10-11-6-4-5-7-12(11)14/h10H,4-9H2,1-3H3/b11-10+. The summed E-state index contributed by atoms with van der Waals surface area (Å²) in [7, 11) is -1.12. The van der Waals surface area contributed by atoms with Crippen LogP contribution >= 0.6 is 0 Å². The summed E-state index contributed by atoms with van der Waals surface area (Å²) >= 11 is 0. The molecule has 2 rings (SSSR count). The minimum absolute atomic E-state index is 0.436. The number of Topliss-reactive ketones (excluding diaryl/α,β-unsaturated/α-hetero) is 1. The van der Waals surface area contributed by atoms with Crippen molar-refractivity contribution in [2.75, 3.05) is 0 Å². The first-order chi connectivity index (χ1) is 6.95. The second-order valence-electron chi connectivity index (χ2n) is 6.21. The summed E-state index contributed by atoms with van der Waals surface area (Å²) < 4.78 is 0. The van der Waals surface area contributed by atoms with Gasteiger partial charge in [-0.1, -0.05) is 25.7 Å². The van der Waals surface area contributed by atoms with Gasteiger partial charge in [0.1, 0.15) is 0 Å². The fourth-order valence-corrected chi connectivity index (χ4v) is 4.86. The van der Waals surface area contributed by atoms with Crippen LogP contribution in [0.3, 0.4) is 0 Å². The minimum atomic E-state index is -1.12. The van der Waals surface area contributed by atoms with Crippen LogP contribution in [0.25, 0.3) is 0 Å². The molecule has 2 heteroatoms. The molecule has 0 bridgehead atoms. The van der Waals surface area contributed by atoms with Crippen molar-refractivity contribution in [3.63, 3.8) is 0 Å². The zero-order valence-corrected chi connectivity index (χ0v) is 11.2. The molecule has 2 aliphatic carbocycles. The topological polar surface area (TPSA) is 17.1 Å². The predicted octanol–water partition coefficient (Wildman–Crippen LogP) is 3.93. The van der Waals surface area contributed by atoms with Gasteiger partial charge in [-0.3, -0.25) is 4.79 Å². The van der Waals surface area contributed by atoms with Crippen LogP contribution in [0.15, 0.2) is 11.6 Å². The molecule has 2 saturated carbocycles. The highest BCUT2D eigenvalue weighted by molar-refractivity contribution is 6.80. The number of ketones is 1. The van der Waals surface area contributed by atoms with Crippen LogP contribution in [-0.2, 0) is 4.79 Å². The first-order valence-electron chi connectivity index (χ1n) is 6.20. The lowest BCUT2D eigenvalue weighted by molar-refractivity contribution is -0.116. The van der Waals surface area contributed by atoms with E-state index >= 15 is 0 Å². The highest BCUT2D eigenvalue weighted by Crippen LogP contribution is 2.62. The highest BCUT2D eigenvalue weighted by Gasteiger charge is 2.51. The molecule has 0 aromatic carbocycles. The van der Waals surface area contributed by atoms with E-state index in [1.807, 2.05) is 0 Å². The van der Waals surface area contributed by atoms with E-state index in [2.05, 4.69) is 25.7 Å². The maximum atomic E-state index is 11.8. The molecule has 0 N–H and O–H groups in total. The molecular formula is C13H22OSi. The SMILES string of the molecule is C[Si](C)(C)C1(/C=C2\CCCCC2=O)CC1. The van der Waals surface area contributed by atoms with Gasteiger partial charge < -0.3 is 0 Å². The Hall–Kier alpha value is -0.373. The zero-order chi connectivity index (χ0) is 11.1. The average molecular weight is 222 g/mol. The Morgan fingerprint density at radius 1 is 1.13 bits per heavy atom. The van der Waals surface area contributed by atoms with Crippen molar-refractivity contribution in [3.05, 3.63) is 11.6 Å². The lowest BCUT2D eigenvalue weighted by atomic mass is 9.92. The van der Waals surface area contributed by atoms with Crippen LogP contribution in [0.4, 0.5) is 0 Å². The monoisotopic (exact) mass is 222 g/mol. The Kier molecular flexibility index (Phi) is 2.66. The average Bonchev–Trinajstić information content (AvgIpc) is 2.89. The van der Waals surface area contributed by atoms with Crippen LogP contribution in [0.1, 0.15) is 38.5 Å². The minimum Gasteiger partial charge on any atom is -0.295 e. The van der Waals surface area contributed by atoms with Gasteiger partial charge in [0.25, 0.3) is 0 Å². The summed E-state index contributed by atoms with van der Waals surface area (Å²) in [5.74, 6) is 0.436. The van der Waals surface area contributed by atoms with Crippen LogP contribution in [0.5, 0.6) is 0 Å². The predicted molar refractivity (Wildman–Crippen MR) is 66.8 cm³/mol. The molecule has 0 aliphatic heterocycles. The van der Waals surface area contributed by atoms with Crippen molar-refractivity contribution in [3.8, 4) is 0 Å². The number of carbonyl (C=O) groups is 1. The number of hydrogen-bond donors (Lipinski definition) is 0. The van der Waals surface area contributed by atoms with Crippen LogP contribution in [0.2, 0.25) is 24.7 Å². The van der Waals surface area contributed by atoms with Gasteiger partial charge in [0, 0.05) is 6.42 Å². The Balaban J connectivity index is 2.19. The maximum absolute atomic E-state index is 11.8. The molecule has 2 aliphatic rings. The van der Waals surface area contributed by atoms with Crippen molar-refractivity contribution in [2.24, 2.45) is 0 Å². The molecule has 0 spiro atoms. The van der Waals surface area contributed by atoms with Crippen LogP contribution in [0, 0.1) is 0 Å². The molecule has 0 amide bonds. The van der Waals surface area contributed by atoms with E-state index in [0.717, 1.165) is 19.3 Å². The van der Waals surface area contributed by atoms with Crippen LogP contribution in [-0.4, -0.2) is 13.9 Å². The van der Waals surface area contributed by atoms with Gasteiger partial charge in [-0.25, -0.2) is 0 Å². The van der Waals surface area contributed by atoms with E-state index in [1.54, 1.807) is 0 Å². The molecule has 0 aromatic heterocycles. The van der Waals surface area contributed by atoms with E-state index in [-0.39, 0.29) is 0 Å². The molecule has 0 saturated heterocycles. The van der Waals surface area contributed by atoms with Gasteiger partial charge >= 0.3 is 0 Å². The molecule has 1 nitrogen and oxygen atoms in total. The Morgan fingerprint density at radius 3 is 2.20 bits per heavy atom. The summed E-state index contributed by atoms with van der Waals surface area (Å²) in [4.78, 5) is 11.8. The Bertz CT molecular complexity index is 305. The summed E-state index contributed by atoms with van der Waals surface area (Å²) in [6.45, 7) is 7.30. The third-order valence-electron chi connectivity index (χ3n) is 4.19. The first kappa shape index (κ1) is 11.1. The van der Waals surface area contributed by atoms with Crippen molar-refractivity contribution >= 4 is 13.9 Å². The van der Waals surface area contributed by atoms with Gasteiger partial charge in [0.15, 0.2) is 5.78 Å². The van der Waals surface area contributed by atoms with E-state index in [9.17, 15) is 4.79 Å². The zero-order valence-electron chi connectivity index (χ0n) is 10.2. The summed E-state index contributed by atoms with van der Waals surface area (Å²) in [6.07, 6.45) is 9.23. The molecule has 0 atom stereocenters. The Morgan fingerprint density at radius 2 is 1.73 bits per heavy atom. The molecule has 0 heterocycles. The molecule has 0 aromatic rings. The summed E-state index contributed by atoms with van der Waals surface area (Å²) in [6, 6.07) is 0. The number of allylic oxidation sites excluding steroid dienone is 2. The van der Waals surface area contributed by atoms with Gasteiger partial charge in [-0.2, -0.15) is 0 Å². The van der Waals surface area contributed by atoms with Crippen molar-refractivity contribution in [1.29, 1.82) is 0 Å². The first-order valence-corrected chi connectivity index (χ1v) is 9.70. The molecule has 2 fully saturated rings. The maximum Gasteiger partial charge on any atom is 0.158 e. The van der Waals surface area contributed by atoms with E-state index < -0.39 is 8.07 Å². The molecule has 15 heavy (non-hydrogen) atoms. The third-order valence-corrected chi connectivity index (χ3v) is 7.82. The third kappa shape index (κ3) is 2.10. The molecule has 84 valence electrons. The fourth-order valence-electron chi connectivity index (χ4n) is 2.63. The molecule has 0 unspecified atom stereocenters. The van der Waals surface area contributed by atoms with Crippen molar-refractivity contribution in [2.45, 2.75) is 63.2 Å². The quantitative estimate of drug-likeness (QED) is 0.511. The lowest BCUT2D eigenvalue weighted by Crippen LogP contribution is -2.29. The lowest BCUT2D eigenvalue weighted by Gasteiger charge is -2.27. The number of carbonyl (C=O) groups excluding carboxylic acids is 1.